The van der Waals surface area contributed by atoms with Gasteiger partial charge in [-0.1, -0.05) is 13.8 Å². The molecule has 1 saturated carbocycles. The quantitative estimate of drug-likeness (QED) is 0.595. The van der Waals surface area contributed by atoms with E-state index in [9.17, 15) is 0 Å². The molecule has 0 radical (unpaired) electrons. The smallest absolute Gasteiger partial charge is 0.0547 e. The van der Waals surface area contributed by atoms with Gasteiger partial charge in [0.05, 0.1) is 6.10 Å². The van der Waals surface area contributed by atoms with Crippen LogP contribution in [0.4, 0.5) is 0 Å². The third-order valence-corrected chi connectivity index (χ3v) is 2.83. The highest BCUT2D eigenvalue weighted by molar-refractivity contribution is 4.72. The first kappa shape index (κ1) is 13.0. The van der Waals surface area contributed by atoms with Gasteiger partial charge in [0.2, 0.25) is 0 Å². The van der Waals surface area contributed by atoms with Crippen LogP contribution in [0.25, 0.3) is 0 Å². The molecule has 2 heteroatoms. The van der Waals surface area contributed by atoms with Crippen molar-refractivity contribution in [2.45, 2.75) is 52.6 Å². The number of ether oxygens (including phenoxy) is 1. The maximum atomic E-state index is 5.77. The molecule has 0 saturated heterocycles. The average Bonchev–Trinajstić information content (AvgIpc) is 2.97. The largest absolute Gasteiger partial charge is 0.378 e. The molecule has 2 nitrogen and oxygen atoms in total. The molecule has 0 aromatic rings. The van der Waals surface area contributed by atoms with E-state index in [2.05, 4.69) is 26.1 Å². The molecule has 1 rings (SSSR count). The Kier molecular flexibility index (Phi) is 6.26. The lowest BCUT2D eigenvalue weighted by Crippen LogP contribution is -2.22. The summed E-state index contributed by atoms with van der Waals surface area (Å²) < 4.78 is 5.77. The fraction of sp³-hybridized carbons (Fsp3) is 1.00. The van der Waals surface area contributed by atoms with Crippen molar-refractivity contribution in [2.75, 3.05) is 19.7 Å². The minimum absolute atomic E-state index is 0.450. The zero-order valence-corrected chi connectivity index (χ0v) is 10.6. The van der Waals surface area contributed by atoms with Crippen LogP contribution in [-0.2, 0) is 4.74 Å². The van der Waals surface area contributed by atoms with Crippen LogP contribution in [0.5, 0.6) is 0 Å². The normalized spacial score (nSPS) is 18.4. The Morgan fingerprint density at radius 1 is 1.27 bits per heavy atom. The molecule has 15 heavy (non-hydrogen) atoms. The lowest BCUT2D eigenvalue weighted by Gasteiger charge is -2.13. The second kappa shape index (κ2) is 7.24. The van der Waals surface area contributed by atoms with Crippen LogP contribution in [0.1, 0.15) is 46.5 Å². The van der Waals surface area contributed by atoms with E-state index in [0.29, 0.717) is 6.10 Å². The average molecular weight is 213 g/mol. The van der Waals surface area contributed by atoms with Crippen LogP contribution >= 0.6 is 0 Å². The summed E-state index contributed by atoms with van der Waals surface area (Å²) >= 11 is 0. The lowest BCUT2D eigenvalue weighted by molar-refractivity contribution is 0.0516. The van der Waals surface area contributed by atoms with Crippen LogP contribution < -0.4 is 5.32 Å². The first-order valence-electron chi connectivity index (χ1n) is 6.50. The molecule has 0 heterocycles. The molecule has 1 atom stereocenters. The van der Waals surface area contributed by atoms with Gasteiger partial charge in [0, 0.05) is 6.61 Å². The van der Waals surface area contributed by atoms with E-state index in [1.54, 1.807) is 0 Å². The molecule has 90 valence electrons. The van der Waals surface area contributed by atoms with E-state index in [4.69, 9.17) is 4.74 Å². The van der Waals surface area contributed by atoms with Crippen LogP contribution in [0.3, 0.4) is 0 Å². The summed E-state index contributed by atoms with van der Waals surface area (Å²) in [5, 5.41) is 3.46. The van der Waals surface area contributed by atoms with Gasteiger partial charge in [0.25, 0.3) is 0 Å². The molecule has 0 aromatic carbocycles. The molecule has 1 fully saturated rings. The second-order valence-electron chi connectivity index (χ2n) is 5.33. The van der Waals surface area contributed by atoms with Gasteiger partial charge in [0.1, 0.15) is 0 Å². The van der Waals surface area contributed by atoms with Crippen molar-refractivity contribution in [1.82, 2.24) is 5.32 Å². The summed E-state index contributed by atoms with van der Waals surface area (Å²) in [5.74, 6) is 1.65. The highest BCUT2D eigenvalue weighted by Gasteiger charge is 2.21. The number of hydrogen-bond donors (Lipinski definition) is 1. The highest BCUT2D eigenvalue weighted by Crippen LogP contribution is 2.29. The SMILES string of the molecule is CC(C)CNCCCC(C)OCC1CC1. The maximum Gasteiger partial charge on any atom is 0.0547 e. The van der Waals surface area contributed by atoms with Gasteiger partial charge >= 0.3 is 0 Å². The topological polar surface area (TPSA) is 21.3 Å². The van der Waals surface area contributed by atoms with E-state index >= 15 is 0 Å². The predicted octanol–water partition coefficient (Wildman–Crippen LogP) is 2.83. The van der Waals surface area contributed by atoms with Gasteiger partial charge in [-0.25, -0.2) is 0 Å². The summed E-state index contributed by atoms with van der Waals surface area (Å²) in [5.41, 5.74) is 0. The Bertz CT molecular complexity index is 155. The third-order valence-electron chi connectivity index (χ3n) is 2.83. The van der Waals surface area contributed by atoms with Gasteiger partial charge in [-0.05, 0) is 57.5 Å². The Hall–Kier alpha value is -0.0800. The van der Waals surface area contributed by atoms with Crippen LogP contribution in [0.2, 0.25) is 0 Å². The van der Waals surface area contributed by atoms with E-state index < -0.39 is 0 Å². The molecule has 0 amide bonds. The zero-order chi connectivity index (χ0) is 11.1. The van der Waals surface area contributed by atoms with Gasteiger partial charge in [-0.15, -0.1) is 0 Å². The maximum absolute atomic E-state index is 5.77. The molecular formula is C13H27NO. The van der Waals surface area contributed by atoms with Crippen molar-refractivity contribution in [3.8, 4) is 0 Å². The lowest BCUT2D eigenvalue weighted by atomic mass is 10.2. The van der Waals surface area contributed by atoms with Gasteiger partial charge in [-0.3, -0.25) is 0 Å². The van der Waals surface area contributed by atoms with E-state index in [0.717, 1.165) is 31.5 Å². The summed E-state index contributed by atoms with van der Waals surface area (Å²) in [4.78, 5) is 0. The van der Waals surface area contributed by atoms with Crippen molar-refractivity contribution >= 4 is 0 Å². The first-order valence-corrected chi connectivity index (χ1v) is 6.50. The predicted molar refractivity (Wildman–Crippen MR) is 65.1 cm³/mol. The van der Waals surface area contributed by atoms with Crippen LogP contribution in [0.15, 0.2) is 0 Å². The minimum Gasteiger partial charge on any atom is -0.378 e. The number of nitrogens with one attached hydrogen (secondary N) is 1. The van der Waals surface area contributed by atoms with Gasteiger partial charge in [-0.2, -0.15) is 0 Å². The molecule has 0 bridgehead atoms. The van der Waals surface area contributed by atoms with Crippen molar-refractivity contribution in [2.24, 2.45) is 11.8 Å². The monoisotopic (exact) mass is 213 g/mol. The Labute approximate surface area is 94.8 Å². The standard InChI is InChI=1S/C13H27NO/c1-11(2)9-14-8-4-5-12(3)15-10-13-6-7-13/h11-14H,4-10H2,1-3H3. The first-order chi connectivity index (χ1) is 7.18. The Morgan fingerprint density at radius 2 is 2.00 bits per heavy atom. The molecule has 1 aliphatic carbocycles. The molecule has 0 spiro atoms. The summed E-state index contributed by atoms with van der Waals surface area (Å²) in [7, 11) is 0. The van der Waals surface area contributed by atoms with Crippen LogP contribution in [-0.4, -0.2) is 25.8 Å². The van der Waals surface area contributed by atoms with Crippen molar-refractivity contribution < 1.29 is 4.74 Å². The van der Waals surface area contributed by atoms with Gasteiger partial charge < -0.3 is 10.1 Å². The van der Waals surface area contributed by atoms with E-state index in [-0.39, 0.29) is 0 Å². The fourth-order valence-corrected chi connectivity index (χ4v) is 1.57. The summed E-state index contributed by atoms with van der Waals surface area (Å²) in [6.45, 7) is 9.96. The Balaban J connectivity index is 1.81. The highest BCUT2D eigenvalue weighted by atomic mass is 16.5. The minimum atomic E-state index is 0.450. The molecule has 1 unspecified atom stereocenters. The molecular weight excluding hydrogens is 186 g/mol. The second-order valence-corrected chi connectivity index (χ2v) is 5.33. The fourth-order valence-electron chi connectivity index (χ4n) is 1.57. The summed E-state index contributed by atoms with van der Waals surface area (Å²) in [6, 6.07) is 0. The van der Waals surface area contributed by atoms with Crippen LogP contribution in [0, 0.1) is 11.8 Å². The number of rotatable bonds is 9. The van der Waals surface area contributed by atoms with E-state index in [1.807, 2.05) is 0 Å². The molecule has 0 aliphatic heterocycles. The zero-order valence-electron chi connectivity index (χ0n) is 10.6. The molecule has 1 aliphatic rings. The number of hydrogen-bond acceptors (Lipinski definition) is 2. The third kappa shape index (κ3) is 7.80. The summed E-state index contributed by atoms with van der Waals surface area (Å²) in [6.07, 6.45) is 5.66. The van der Waals surface area contributed by atoms with Crippen molar-refractivity contribution in [3.05, 3.63) is 0 Å². The molecule has 0 aromatic heterocycles. The van der Waals surface area contributed by atoms with Gasteiger partial charge in [0.15, 0.2) is 0 Å². The van der Waals surface area contributed by atoms with E-state index in [1.165, 1.54) is 25.7 Å². The molecule has 1 N–H and O–H groups in total. The van der Waals surface area contributed by atoms with Crippen molar-refractivity contribution in [3.63, 3.8) is 0 Å². The Morgan fingerprint density at radius 3 is 2.60 bits per heavy atom. The van der Waals surface area contributed by atoms with Crippen molar-refractivity contribution in [1.29, 1.82) is 0 Å².